The van der Waals surface area contributed by atoms with Crippen LogP contribution in [-0.4, -0.2) is 41.3 Å². The SMILES string of the molecule is CCOc1ccc(/C=N\NC(=O)c2ccc(N(C)S(=O)(=O)c3ccccc3)cc2)cc1OC. The summed E-state index contributed by atoms with van der Waals surface area (Å²) in [6.07, 6.45) is 1.49. The lowest BCUT2D eigenvalue weighted by Gasteiger charge is -2.19. The fraction of sp³-hybridized carbons (Fsp3) is 0.167. The molecule has 33 heavy (non-hydrogen) atoms. The molecule has 0 saturated heterocycles. The fourth-order valence-corrected chi connectivity index (χ4v) is 4.20. The lowest BCUT2D eigenvalue weighted by Crippen LogP contribution is -2.26. The molecule has 3 aromatic rings. The van der Waals surface area contributed by atoms with Crippen LogP contribution in [0.5, 0.6) is 11.5 Å². The van der Waals surface area contributed by atoms with Crippen LogP contribution in [0.3, 0.4) is 0 Å². The minimum Gasteiger partial charge on any atom is -0.493 e. The number of rotatable bonds is 9. The van der Waals surface area contributed by atoms with Crippen molar-refractivity contribution in [3.63, 3.8) is 0 Å². The molecule has 0 fully saturated rings. The maximum Gasteiger partial charge on any atom is 0.271 e. The highest BCUT2D eigenvalue weighted by atomic mass is 32.2. The van der Waals surface area contributed by atoms with Gasteiger partial charge in [0.2, 0.25) is 0 Å². The van der Waals surface area contributed by atoms with Crippen molar-refractivity contribution in [2.75, 3.05) is 25.1 Å². The van der Waals surface area contributed by atoms with Gasteiger partial charge >= 0.3 is 0 Å². The summed E-state index contributed by atoms with van der Waals surface area (Å²) in [4.78, 5) is 12.6. The van der Waals surface area contributed by atoms with Crippen molar-refractivity contribution in [1.29, 1.82) is 0 Å². The summed E-state index contributed by atoms with van der Waals surface area (Å²) < 4.78 is 37.4. The molecule has 0 unspecified atom stereocenters. The summed E-state index contributed by atoms with van der Waals surface area (Å²) in [6, 6.07) is 19.7. The van der Waals surface area contributed by atoms with Crippen molar-refractivity contribution in [2.24, 2.45) is 5.10 Å². The molecule has 0 radical (unpaired) electrons. The van der Waals surface area contributed by atoms with E-state index in [2.05, 4.69) is 10.5 Å². The predicted molar refractivity (Wildman–Crippen MR) is 128 cm³/mol. The van der Waals surface area contributed by atoms with E-state index in [9.17, 15) is 13.2 Å². The summed E-state index contributed by atoms with van der Waals surface area (Å²) >= 11 is 0. The smallest absolute Gasteiger partial charge is 0.271 e. The monoisotopic (exact) mass is 467 g/mol. The van der Waals surface area contributed by atoms with Crippen LogP contribution in [0.2, 0.25) is 0 Å². The summed E-state index contributed by atoms with van der Waals surface area (Å²) in [7, 11) is -0.679. The zero-order valence-corrected chi connectivity index (χ0v) is 19.4. The van der Waals surface area contributed by atoms with Crippen molar-refractivity contribution >= 4 is 27.8 Å². The van der Waals surface area contributed by atoms with Gasteiger partial charge in [0.05, 0.1) is 30.5 Å². The molecule has 3 rings (SSSR count). The Labute approximate surface area is 193 Å². The van der Waals surface area contributed by atoms with Gasteiger partial charge in [-0.2, -0.15) is 5.10 Å². The fourth-order valence-electron chi connectivity index (χ4n) is 2.98. The van der Waals surface area contributed by atoms with E-state index in [0.717, 1.165) is 5.56 Å². The number of amides is 1. The summed E-state index contributed by atoms with van der Waals surface area (Å²) in [5, 5.41) is 3.98. The highest BCUT2D eigenvalue weighted by Gasteiger charge is 2.21. The second-order valence-corrected chi connectivity index (χ2v) is 8.84. The molecule has 0 aromatic heterocycles. The minimum atomic E-state index is -3.69. The summed E-state index contributed by atoms with van der Waals surface area (Å²) in [5.41, 5.74) is 3.95. The third-order valence-electron chi connectivity index (χ3n) is 4.76. The molecule has 0 atom stereocenters. The maximum atomic E-state index is 12.7. The average molecular weight is 468 g/mol. The van der Waals surface area contributed by atoms with Crippen molar-refractivity contribution in [1.82, 2.24) is 5.43 Å². The van der Waals surface area contributed by atoms with Crippen LogP contribution in [0, 0.1) is 0 Å². The molecule has 3 aromatic carbocycles. The first-order valence-electron chi connectivity index (χ1n) is 10.1. The second kappa shape index (κ2) is 10.6. The van der Waals surface area contributed by atoms with Crippen LogP contribution in [-0.2, 0) is 10.0 Å². The number of hydrazone groups is 1. The van der Waals surface area contributed by atoms with Crippen LogP contribution < -0.4 is 19.2 Å². The molecule has 0 heterocycles. The Hall–Kier alpha value is -3.85. The number of nitrogens with one attached hydrogen (secondary N) is 1. The number of nitrogens with zero attached hydrogens (tertiary/aromatic N) is 2. The van der Waals surface area contributed by atoms with Gasteiger partial charge < -0.3 is 9.47 Å². The normalized spacial score (nSPS) is 11.2. The molecule has 0 saturated carbocycles. The molecule has 172 valence electrons. The lowest BCUT2D eigenvalue weighted by atomic mass is 10.2. The van der Waals surface area contributed by atoms with Crippen molar-refractivity contribution < 1.29 is 22.7 Å². The maximum absolute atomic E-state index is 12.7. The number of carbonyl (C=O) groups is 1. The minimum absolute atomic E-state index is 0.189. The molecule has 1 N–H and O–H groups in total. The van der Waals surface area contributed by atoms with Crippen molar-refractivity contribution in [2.45, 2.75) is 11.8 Å². The zero-order chi connectivity index (χ0) is 23.8. The van der Waals surface area contributed by atoms with Crippen molar-refractivity contribution in [3.05, 3.63) is 83.9 Å². The summed E-state index contributed by atoms with van der Waals surface area (Å²) in [6.45, 7) is 2.41. The molecule has 0 spiro atoms. The van der Waals surface area contributed by atoms with Crippen LogP contribution in [0.4, 0.5) is 5.69 Å². The first kappa shape index (κ1) is 23.8. The van der Waals surface area contributed by atoms with E-state index in [-0.39, 0.29) is 4.90 Å². The van der Waals surface area contributed by atoms with E-state index >= 15 is 0 Å². The van der Waals surface area contributed by atoms with Crippen LogP contribution >= 0.6 is 0 Å². The lowest BCUT2D eigenvalue weighted by molar-refractivity contribution is 0.0955. The molecular formula is C24H25N3O5S. The average Bonchev–Trinajstić information content (AvgIpc) is 2.85. The Morgan fingerprint density at radius 2 is 1.73 bits per heavy atom. The van der Waals surface area contributed by atoms with Gasteiger partial charge in [0.25, 0.3) is 15.9 Å². The number of benzene rings is 3. The molecule has 9 heteroatoms. The van der Waals surface area contributed by atoms with E-state index in [4.69, 9.17) is 9.47 Å². The van der Waals surface area contributed by atoms with E-state index < -0.39 is 15.9 Å². The Morgan fingerprint density at radius 3 is 2.36 bits per heavy atom. The molecule has 8 nitrogen and oxygen atoms in total. The topological polar surface area (TPSA) is 97.3 Å². The number of anilines is 1. The predicted octanol–water partition coefficient (Wildman–Crippen LogP) is 3.68. The quantitative estimate of drug-likeness (QED) is 0.382. The summed E-state index contributed by atoms with van der Waals surface area (Å²) in [5.74, 6) is 0.766. The third-order valence-corrected chi connectivity index (χ3v) is 6.56. The van der Waals surface area contributed by atoms with Crippen molar-refractivity contribution in [3.8, 4) is 11.5 Å². The van der Waals surface area contributed by atoms with Gasteiger partial charge in [0.1, 0.15) is 0 Å². The largest absolute Gasteiger partial charge is 0.493 e. The van der Waals surface area contributed by atoms with Gasteiger partial charge in [-0.15, -0.1) is 0 Å². The zero-order valence-electron chi connectivity index (χ0n) is 18.6. The van der Waals surface area contributed by atoms with Gasteiger partial charge in [-0.1, -0.05) is 18.2 Å². The number of hydrogen-bond acceptors (Lipinski definition) is 6. The number of methoxy groups -OCH3 is 1. The first-order valence-corrected chi connectivity index (χ1v) is 11.6. The molecule has 0 bridgehead atoms. The standard InChI is InChI=1S/C24H25N3O5S/c1-4-32-22-15-10-18(16-23(22)31-3)17-25-26-24(28)19-11-13-20(14-12-19)27(2)33(29,30)21-8-6-5-7-9-21/h5-17H,4H2,1-3H3,(H,26,28)/b25-17-. The highest BCUT2D eigenvalue weighted by molar-refractivity contribution is 7.92. The van der Waals surface area contributed by atoms with E-state index in [1.165, 1.54) is 41.8 Å². The Morgan fingerprint density at radius 1 is 1.03 bits per heavy atom. The van der Waals surface area contributed by atoms with Gasteiger partial charge in [-0.25, -0.2) is 13.8 Å². The number of ether oxygens (including phenoxy) is 2. The van der Waals surface area contributed by atoms with Crippen LogP contribution in [0.25, 0.3) is 0 Å². The number of sulfonamides is 1. The van der Waals surface area contributed by atoms with Crippen LogP contribution in [0.15, 0.2) is 82.8 Å². The first-order chi connectivity index (χ1) is 15.9. The number of hydrogen-bond donors (Lipinski definition) is 1. The van der Waals surface area contributed by atoms with Gasteiger partial charge in [0, 0.05) is 12.6 Å². The molecule has 1 amide bonds. The van der Waals surface area contributed by atoms with Gasteiger partial charge in [-0.05, 0) is 67.1 Å². The molecule has 0 aliphatic heterocycles. The molecule has 0 aliphatic carbocycles. The van der Waals surface area contributed by atoms with E-state index in [1.54, 1.807) is 55.6 Å². The Bertz CT molecular complexity index is 1230. The third kappa shape index (κ3) is 5.69. The Balaban J connectivity index is 1.66. The Kier molecular flexibility index (Phi) is 7.68. The van der Waals surface area contributed by atoms with Gasteiger partial charge in [-0.3, -0.25) is 9.10 Å². The highest BCUT2D eigenvalue weighted by Crippen LogP contribution is 2.27. The van der Waals surface area contributed by atoms with E-state index in [1.807, 2.05) is 6.92 Å². The van der Waals surface area contributed by atoms with Crippen LogP contribution in [0.1, 0.15) is 22.8 Å². The van der Waals surface area contributed by atoms with Gasteiger partial charge in [0.15, 0.2) is 11.5 Å². The molecular weight excluding hydrogens is 442 g/mol. The van der Waals surface area contributed by atoms with E-state index in [0.29, 0.717) is 29.4 Å². The number of carbonyl (C=O) groups excluding carboxylic acids is 1. The molecule has 0 aliphatic rings. The second-order valence-electron chi connectivity index (χ2n) is 6.87.